The van der Waals surface area contributed by atoms with Gasteiger partial charge in [-0.2, -0.15) is 0 Å². The number of hydrogen-bond acceptors (Lipinski definition) is 2. The molecule has 1 rings (SSSR count). The standard InChI is InChI=1S/C18H31NO/c1-4-5-6-7-10-16(2)20-15-18-12-9-8-11-17(18)13-14-19-3/h8-9,11-12,16,19H,4-7,10,13-15H2,1-3H3. The van der Waals surface area contributed by atoms with Crippen LogP contribution in [0.15, 0.2) is 24.3 Å². The Morgan fingerprint density at radius 1 is 1.10 bits per heavy atom. The van der Waals surface area contributed by atoms with E-state index in [9.17, 15) is 0 Å². The highest BCUT2D eigenvalue weighted by Crippen LogP contribution is 2.14. The normalized spacial score (nSPS) is 12.6. The molecule has 114 valence electrons. The second-order valence-electron chi connectivity index (χ2n) is 5.59. The molecule has 0 fully saturated rings. The van der Waals surface area contributed by atoms with E-state index in [2.05, 4.69) is 43.4 Å². The van der Waals surface area contributed by atoms with Gasteiger partial charge in [0.15, 0.2) is 0 Å². The minimum absolute atomic E-state index is 0.365. The molecule has 0 aliphatic heterocycles. The lowest BCUT2D eigenvalue weighted by Gasteiger charge is -2.15. The van der Waals surface area contributed by atoms with Crippen LogP contribution in [0.3, 0.4) is 0 Å². The van der Waals surface area contributed by atoms with Gasteiger partial charge < -0.3 is 10.1 Å². The van der Waals surface area contributed by atoms with Gasteiger partial charge >= 0.3 is 0 Å². The molecule has 1 aromatic carbocycles. The van der Waals surface area contributed by atoms with Crippen LogP contribution in [-0.4, -0.2) is 19.7 Å². The van der Waals surface area contributed by atoms with E-state index in [-0.39, 0.29) is 0 Å². The Hall–Kier alpha value is -0.860. The van der Waals surface area contributed by atoms with E-state index < -0.39 is 0 Å². The monoisotopic (exact) mass is 277 g/mol. The summed E-state index contributed by atoms with van der Waals surface area (Å²) in [6.45, 7) is 6.21. The number of ether oxygens (including phenoxy) is 1. The summed E-state index contributed by atoms with van der Waals surface area (Å²) in [4.78, 5) is 0. The third-order valence-electron chi connectivity index (χ3n) is 3.75. The van der Waals surface area contributed by atoms with Gasteiger partial charge in [-0.15, -0.1) is 0 Å². The fraction of sp³-hybridized carbons (Fsp3) is 0.667. The Balaban J connectivity index is 2.32. The molecule has 0 saturated carbocycles. The maximum Gasteiger partial charge on any atom is 0.0723 e. The molecule has 0 spiro atoms. The molecule has 2 heteroatoms. The largest absolute Gasteiger partial charge is 0.374 e. The minimum Gasteiger partial charge on any atom is -0.374 e. The van der Waals surface area contributed by atoms with Crippen molar-refractivity contribution >= 4 is 0 Å². The van der Waals surface area contributed by atoms with E-state index in [0.29, 0.717) is 6.10 Å². The molecule has 2 nitrogen and oxygen atoms in total. The Morgan fingerprint density at radius 3 is 2.55 bits per heavy atom. The van der Waals surface area contributed by atoms with Crippen LogP contribution in [0.1, 0.15) is 57.1 Å². The fourth-order valence-electron chi connectivity index (χ4n) is 2.38. The zero-order valence-electron chi connectivity index (χ0n) is 13.5. The summed E-state index contributed by atoms with van der Waals surface area (Å²) >= 11 is 0. The summed E-state index contributed by atoms with van der Waals surface area (Å²) < 4.78 is 6.01. The van der Waals surface area contributed by atoms with Crippen LogP contribution in [0, 0.1) is 0 Å². The highest BCUT2D eigenvalue weighted by Gasteiger charge is 2.05. The third-order valence-corrected chi connectivity index (χ3v) is 3.75. The van der Waals surface area contributed by atoms with Crippen LogP contribution >= 0.6 is 0 Å². The summed E-state index contributed by atoms with van der Waals surface area (Å²) in [6, 6.07) is 8.62. The smallest absolute Gasteiger partial charge is 0.0723 e. The second-order valence-corrected chi connectivity index (χ2v) is 5.59. The summed E-state index contributed by atoms with van der Waals surface area (Å²) in [5, 5.41) is 3.21. The van der Waals surface area contributed by atoms with E-state index in [1.54, 1.807) is 0 Å². The van der Waals surface area contributed by atoms with Gasteiger partial charge in [0.25, 0.3) is 0 Å². The van der Waals surface area contributed by atoms with E-state index in [1.807, 2.05) is 7.05 Å². The van der Waals surface area contributed by atoms with E-state index in [1.165, 1.54) is 43.2 Å². The fourth-order valence-corrected chi connectivity index (χ4v) is 2.38. The van der Waals surface area contributed by atoms with Crippen LogP contribution < -0.4 is 5.32 Å². The maximum absolute atomic E-state index is 6.01. The Labute approximate surface area is 124 Å². The zero-order chi connectivity index (χ0) is 14.6. The molecule has 0 radical (unpaired) electrons. The summed E-state index contributed by atoms with van der Waals surface area (Å²) in [7, 11) is 2.00. The van der Waals surface area contributed by atoms with Crippen molar-refractivity contribution in [2.24, 2.45) is 0 Å². The lowest BCUT2D eigenvalue weighted by molar-refractivity contribution is 0.0455. The molecule has 0 heterocycles. The van der Waals surface area contributed by atoms with Crippen LogP contribution in [-0.2, 0) is 17.8 Å². The van der Waals surface area contributed by atoms with Gasteiger partial charge in [-0.05, 0) is 44.5 Å². The lowest BCUT2D eigenvalue weighted by Crippen LogP contribution is -2.13. The molecule has 1 aromatic rings. The molecule has 20 heavy (non-hydrogen) atoms. The predicted octanol–water partition coefficient (Wildman–Crippen LogP) is 4.32. The number of unbranched alkanes of at least 4 members (excludes halogenated alkanes) is 3. The van der Waals surface area contributed by atoms with Crippen molar-refractivity contribution < 1.29 is 4.74 Å². The molecular formula is C18H31NO. The molecular weight excluding hydrogens is 246 g/mol. The van der Waals surface area contributed by atoms with Crippen LogP contribution in [0.25, 0.3) is 0 Å². The Morgan fingerprint density at radius 2 is 1.85 bits per heavy atom. The predicted molar refractivity (Wildman–Crippen MR) is 87.1 cm³/mol. The van der Waals surface area contributed by atoms with E-state index in [4.69, 9.17) is 4.74 Å². The first kappa shape index (κ1) is 17.2. The number of nitrogens with one attached hydrogen (secondary N) is 1. The zero-order valence-corrected chi connectivity index (χ0v) is 13.5. The summed E-state index contributed by atoms with van der Waals surface area (Å²) in [6.07, 6.45) is 7.89. The number of benzene rings is 1. The van der Waals surface area contributed by atoms with Gasteiger partial charge in [-0.3, -0.25) is 0 Å². The first-order chi connectivity index (χ1) is 9.77. The minimum atomic E-state index is 0.365. The van der Waals surface area contributed by atoms with Crippen molar-refractivity contribution in [2.75, 3.05) is 13.6 Å². The number of hydrogen-bond donors (Lipinski definition) is 1. The van der Waals surface area contributed by atoms with E-state index in [0.717, 1.165) is 19.6 Å². The maximum atomic E-state index is 6.01. The topological polar surface area (TPSA) is 21.3 Å². The first-order valence-electron chi connectivity index (χ1n) is 8.11. The van der Waals surface area contributed by atoms with Crippen LogP contribution in [0.4, 0.5) is 0 Å². The van der Waals surface area contributed by atoms with Gasteiger partial charge in [-0.1, -0.05) is 56.9 Å². The SMILES string of the molecule is CCCCCCC(C)OCc1ccccc1CCNC. The van der Waals surface area contributed by atoms with Gasteiger partial charge in [0.05, 0.1) is 12.7 Å². The Kier molecular flexibility index (Phi) is 9.35. The molecule has 1 atom stereocenters. The van der Waals surface area contributed by atoms with Crippen molar-refractivity contribution in [1.82, 2.24) is 5.32 Å². The quantitative estimate of drug-likeness (QED) is 0.608. The van der Waals surface area contributed by atoms with Gasteiger partial charge in [0.1, 0.15) is 0 Å². The molecule has 0 aliphatic rings. The number of likely N-dealkylation sites (N-methyl/N-ethyl adjacent to an activating group) is 1. The average Bonchev–Trinajstić information content (AvgIpc) is 2.48. The molecule has 0 amide bonds. The van der Waals surface area contributed by atoms with Crippen molar-refractivity contribution in [3.63, 3.8) is 0 Å². The molecule has 0 saturated heterocycles. The summed E-state index contributed by atoms with van der Waals surface area (Å²) in [5.41, 5.74) is 2.74. The average molecular weight is 277 g/mol. The van der Waals surface area contributed by atoms with Crippen molar-refractivity contribution in [1.29, 1.82) is 0 Å². The number of rotatable bonds is 11. The summed E-state index contributed by atoms with van der Waals surface area (Å²) in [5.74, 6) is 0. The third kappa shape index (κ3) is 7.06. The van der Waals surface area contributed by atoms with Crippen LogP contribution in [0.2, 0.25) is 0 Å². The highest BCUT2D eigenvalue weighted by molar-refractivity contribution is 5.26. The molecule has 1 unspecified atom stereocenters. The Bertz CT molecular complexity index is 351. The van der Waals surface area contributed by atoms with Crippen molar-refractivity contribution in [2.45, 2.75) is 65.1 Å². The molecule has 1 N–H and O–H groups in total. The molecule has 0 bridgehead atoms. The van der Waals surface area contributed by atoms with Crippen LogP contribution in [0.5, 0.6) is 0 Å². The highest BCUT2D eigenvalue weighted by atomic mass is 16.5. The van der Waals surface area contributed by atoms with Crippen molar-refractivity contribution in [3.05, 3.63) is 35.4 Å². The van der Waals surface area contributed by atoms with Gasteiger partial charge in [-0.25, -0.2) is 0 Å². The van der Waals surface area contributed by atoms with Gasteiger partial charge in [0.2, 0.25) is 0 Å². The molecule has 0 aromatic heterocycles. The van der Waals surface area contributed by atoms with Crippen molar-refractivity contribution in [3.8, 4) is 0 Å². The van der Waals surface area contributed by atoms with Gasteiger partial charge in [0, 0.05) is 0 Å². The lowest BCUT2D eigenvalue weighted by atomic mass is 10.1. The second kappa shape index (κ2) is 10.9. The molecule has 0 aliphatic carbocycles. The first-order valence-corrected chi connectivity index (χ1v) is 8.11. The van der Waals surface area contributed by atoms with E-state index >= 15 is 0 Å².